The Morgan fingerprint density at radius 3 is 2.25 bits per heavy atom. The van der Waals surface area contributed by atoms with E-state index in [0.29, 0.717) is 33.2 Å². The van der Waals surface area contributed by atoms with Gasteiger partial charge in [0.2, 0.25) is 11.8 Å². The first-order valence-electron chi connectivity index (χ1n) is 12.7. The van der Waals surface area contributed by atoms with Crippen molar-refractivity contribution in [3.8, 4) is 6.07 Å². The highest BCUT2D eigenvalue weighted by Gasteiger charge is 2.25. The van der Waals surface area contributed by atoms with Gasteiger partial charge in [-0.1, -0.05) is 61.5 Å². The van der Waals surface area contributed by atoms with E-state index < -0.39 is 5.25 Å². The molecule has 0 fully saturated rings. The van der Waals surface area contributed by atoms with Crippen molar-refractivity contribution < 1.29 is 14.4 Å². The molecule has 3 amide bonds. The summed E-state index contributed by atoms with van der Waals surface area (Å²) < 4.78 is 0. The lowest BCUT2D eigenvalue weighted by molar-refractivity contribution is -0.116. The number of nitrogens with one attached hydrogen (secondary N) is 3. The molecule has 4 rings (SSSR count). The van der Waals surface area contributed by atoms with Crippen LogP contribution in [-0.2, 0) is 16.0 Å². The molecule has 0 saturated heterocycles. The van der Waals surface area contributed by atoms with E-state index in [0.717, 1.165) is 21.8 Å². The van der Waals surface area contributed by atoms with Gasteiger partial charge in [0.15, 0.2) is 0 Å². The molecule has 0 aliphatic rings. The van der Waals surface area contributed by atoms with Crippen LogP contribution < -0.4 is 16.0 Å². The molecule has 0 aliphatic carbocycles. The number of thiophene rings is 1. The van der Waals surface area contributed by atoms with Crippen molar-refractivity contribution in [1.82, 2.24) is 0 Å². The van der Waals surface area contributed by atoms with E-state index in [1.165, 1.54) is 11.8 Å². The fraction of sp³-hybridized carbons (Fsp3) is 0.161. The summed E-state index contributed by atoms with van der Waals surface area (Å²) in [6, 6.07) is 28.1. The zero-order valence-corrected chi connectivity index (χ0v) is 23.7. The maximum Gasteiger partial charge on any atom is 0.266 e. The first-order valence-corrected chi connectivity index (χ1v) is 14.4. The molecule has 3 N–H and O–H groups in total. The second-order valence-electron chi connectivity index (χ2n) is 8.93. The average molecular weight is 569 g/mol. The summed E-state index contributed by atoms with van der Waals surface area (Å²) >= 11 is 2.46. The average Bonchev–Trinajstić information content (AvgIpc) is 3.27. The second kappa shape index (κ2) is 13.6. The van der Waals surface area contributed by atoms with E-state index in [1.54, 1.807) is 19.1 Å². The summed E-state index contributed by atoms with van der Waals surface area (Å²) in [5.41, 5.74) is 3.02. The van der Waals surface area contributed by atoms with E-state index in [-0.39, 0.29) is 29.7 Å². The highest BCUT2D eigenvalue weighted by atomic mass is 32.2. The minimum Gasteiger partial charge on any atom is -0.326 e. The summed E-state index contributed by atoms with van der Waals surface area (Å²) in [7, 11) is 0. The molecule has 4 aromatic rings. The van der Waals surface area contributed by atoms with Crippen molar-refractivity contribution >= 4 is 57.2 Å². The number of rotatable bonds is 10. The lowest BCUT2D eigenvalue weighted by Crippen LogP contribution is -2.24. The van der Waals surface area contributed by atoms with Crippen LogP contribution in [0.2, 0.25) is 0 Å². The van der Waals surface area contributed by atoms with Gasteiger partial charge in [0.1, 0.15) is 11.1 Å². The van der Waals surface area contributed by atoms with E-state index in [1.807, 2.05) is 79.7 Å². The summed E-state index contributed by atoms with van der Waals surface area (Å²) in [5, 5.41) is 18.3. The third kappa shape index (κ3) is 7.38. The number of hydrogen-bond acceptors (Lipinski definition) is 6. The Balaban J connectivity index is 1.42. The molecule has 202 valence electrons. The van der Waals surface area contributed by atoms with Crippen LogP contribution in [0, 0.1) is 18.3 Å². The van der Waals surface area contributed by atoms with Gasteiger partial charge in [-0.3, -0.25) is 14.4 Å². The third-order valence-electron chi connectivity index (χ3n) is 6.00. The molecule has 0 radical (unpaired) electrons. The highest BCUT2D eigenvalue weighted by Crippen LogP contribution is 2.35. The van der Waals surface area contributed by atoms with Crippen LogP contribution in [0.3, 0.4) is 0 Å². The van der Waals surface area contributed by atoms with Crippen molar-refractivity contribution in [3.63, 3.8) is 0 Å². The van der Waals surface area contributed by atoms with Crippen molar-refractivity contribution in [3.05, 3.63) is 106 Å². The first kappa shape index (κ1) is 28.6. The normalized spacial score (nSPS) is 11.2. The number of carbonyl (C=O) groups is 3. The Bertz CT molecular complexity index is 1550. The van der Waals surface area contributed by atoms with E-state index >= 15 is 0 Å². The molecular weight excluding hydrogens is 541 g/mol. The Kier molecular flexibility index (Phi) is 9.73. The quantitative estimate of drug-likeness (QED) is 0.181. The standard InChI is InChI=1S/C31H28N4O3S2/c1-3-26(39-24-16-10-15-23(18-24)33-27(36)17-21-11-6-4-7-12-21)29(37)35-31-25(19-32)20(2)28(40-31)30(38)34-22-13-8-5-9-14-22/h4-16,18,26H,3,17H2,1-2H3,(H,33,36)(H,34,38)(H,35,37). The SMILES string of the molecule is CCC(Sc1cccc(NC(=O)Cc2ccccc2)c1)C(=O)Nc1sc(C(=O)Nc2ccccc2)c(C)c1C#N. The molecule has 0 bridgehead atoms. The van der Waals surface area contributed by atoms with Gasteiger partial charge in [0, 0.05) is 16.3 Å². The number of thioether (sulfide) groups is 1. The maximum absolute atomic E-state index is 13.3. The predicted molar refractivity (Wildman–Crippen MR) is 162 cm³/mol. The first-order chi connectivity index (χ1) is 19.4. The Morgan fingerprint density at radius 2 is 1.57 bits per heavy atom. The van der Waals surface area contributed by atoms with Crippen molar-refractivity contribution in [1.29, 1.82) is 5.26 Å². The monoisotopic (exact) mass is 568 g/mol. The highest BCUT2D eigenvalue weighted by molar-refractivity contribution is 8.00. The number of benzene rings is 3. The smallest absolute Gasteiger partial charge is 0.266 e. The fourth-order valence-electron chi connectivity index (χ4n) is 3.97. The Labute approximate surface area is 241 Å². The minimum absolute atomic E-state index is 0.123. The molecule has 0 spiro atoms. The minimum atomic E-state index is -0.453. The van der Waals surface area contributed by atoms with Crippen molar-refractivity contribution in [2.75, 3.05) is 16.0 Å². The van der Waals surface area contributed by atoms with Gasteiger partial charge in [-0.25, -0.2) is 0 Å². The number of hydrogen-bond donors (Lipinski definition) is 3. The summed E-state index contributed by atoms with van der Waals surface area (Å²) in [4.78, 5) is 39.8. The summed E-state index contributed by atoms with van der Waals surface area (Å²) in [6.45, 7) is 3.61. The number of amides is 3. The molecule has 3 aromatic carbocycles. The van der Waals surface area contributed by atoms with Gasteiger partial charge in [0.05, 0.1) is 22.1 Å². The molecule has 1 heterocycles. The number of carbonyl (C=O) groups excluding carboxylic acids is 3. The van der Waals surface area contributed by atoms with Crippen LogP contribution in [0.15, 0.2) is 89.8 Å². The molecular formula is C31H28N4O3S2. The van der Waals surface area contributed by atoms with Gasteiger partial charge < -0.3 is 16.0 Å². The Morgan fingerprint density at radius 1 is 0.900 bits per heavy atom. The van der Waals surface area contributed by atoms with E-state index in [2.05, 4.69) is 22.0 Å². The fourth-order valence-corrected chi connectivity index (χ4v) is 6.04. The van der Waals surface area contributed by atoms with Crippen LogP contribution in [0.25, 0.3) is 0 Å². The van der Waals surface area contributed by atoms with Crippen molar-refractivity contribution in [2.45, 2.75) is 36.8 Å². The van der Waals surface area contributed by atoms with Gasteiger partial charge in [-0.05, 0) is 54.8 Å². The maximum atomic E-state index is 13.3. The van der Waals surface area contributed by atoms with E-state index in [9.17, 15) is 19.6 Å². The summed E-state index contributed by atoms with van der Waals surface area (Å²) in [6.07, 6.45) is 0.805. The second-order valence-corrected chi connectivity index (χ2v) is 11.2. The molecule has 1 unspecified atom stereocenters. The van der Waals surface area contributed by atoms with Gasteiger partial charge in [-0.2, -0.15) is 5.26 Å². The van der Waals surface area contributed by atoms with Crippen LogP contribution in [-0.4, -0.2) is 23.0 Å². The zero-order valence-electron chi connectivity index (χ0n) is 22.1. The lowest BCUT2D eigenvalue weighted by Gasteiger charge is -2.15. The largest absolute Gasteiger partial charge is 0.326 e. The molecule has 9 heteroatoms. The number of anilines is 3. The molecule has 0 aliphatic heterocycles. The van der Waals surface area contributed by atoms with Gasteiger partial charge in [0.25, 0.3) is 5.91 Å². The number of nitriles is 1. The van der Waals surface area contributed by atoms with Gasteiger partial charge >= 0.3 is 0 Å². The van der Waals surface area contributed by atoms with Crippen LogP contribution in [0.1, 0.15) is 39.7 Å². The number of nitrogens with zero attached hydrogens (tertiary/aromatic N) is 1. The lowest BCUT2D eigenvalue weighted by atomic mass is 10.1. The molecule has 7 nitrogen and oxygen atoms in total. The van der Waals surface area contributed by atoms with E-state index in [4.69, 9.17) is 0 Å². The Hall–Kier alpha value is -4.39. The topological polar surface area (TPSA) is 111 Å². The molecule has 1 atom stereocenters. The molecule has 40 heavy (non-hydrogen) atoms. The van der Waals surface area contributed by atoms with Crippen LogP contribution in [0.5, 0.6) is 0 Å². The summed E-state index contributed by atoms with van der Waals surface area (Å²) in [5.74, 6) is -0.723. The van der Waals surface area contributed by atoms with Crippen molar-refractivity contribution in [2.24, 2.45) is 0 Å². The van der Waals surface area contributed by atoms with Gasteiger partial charge in [-0.15, -0.1) is 23.1 Å². The van der Waals surface area contributed by atoms with Crippen LogP contribution in [0.4, 0.5) is 16.4 Å². The number of para-hydroxylation sites is 1. The predicted octanol–water partition coefficient (Wildman–Crippen LogP) is 6.87. The zero-order chi connectivity index (χ0) is 28.5. The molecule has 0 saturated carbocycles. The van der Waals surface area contributed by atoms with Crippen LogP contribution >= 0.6 is 23.1 Å². The third-order valence-corrected chi connectivity index (χ3v) is 8.56. The molecule has 1 aromatic heterocycles.